The topological polar surface area (TPSA) is 95.9 Å². The van der Waals surface area contributed by atoms with Gasteiger partial charge in [0.1, 0.15) is 5.82 Å². The average Bonchev–Trinajstić information content (AvgIpc) is 3.19. The van der Waals surface area contributed by atoms with Crippen LogP contribution in [0.4, 0.5) is 19.0 Å². The van der Waals surface area contributed by atoms with Crippen molar-refractivity contribution < 1.29 is 13.2 Å². The number of hydrogen-bond acceptors (Lipinski definition) is 8. The van der Waals surface area contributed by atoms with E-state index in [-0.39, 0.29) is 23.2 Å². The summed E-state index contributed by atoms with van der Waals surface area (Å²) >= 11 is 8.64. The van der Waals surface area contributed by atoms with Crippen LogP contribution in [0.25, 0.3) is 21.3 Å². The quantitative estimate of drug-likeness (QED) is 0.320. The molecule has 5 heterocycles. The molecule has 0 amide bonds. The number of aromatic amines is 1. The van der Waals surface area contributed by atoms with E-state index in [0.717, 1.165) is 0 Å². The van der Waals surface area contributed by atoms with Crippen LogP contribution >= 0.6 is 34.7 Å². The van der Waals surface area contributed by atoms with Gasteiger partial charge in [-0.1, -0.05) is 11.6 Å². The number of piperazine rings is 1. The van der Waals surface area contributed by atoms with Gasteiger partial charge >= 0.3 is 11.9 Å². The predicted molar refractivity (Wildman–Crippen MR) is 154 cm³/mol. The highest BCUT2D eigenvalue weighted by Gasteiger charge is 2.38. The third-order valence-electron chi connectivity index (χ3n) is 6.53. The largest absolute Gasteiger partial charge is 0.417 e. The van der Waals surface area contributed by atoms with Crippen molar-refractivity contribution in [2.45, 2.75) is 50.0 Å². The number of anilines is 1. The molecule has 0 saturated carbocycles. The van der Waals surface area contributed by atoms with Gasteiger partial charge in [0.15, 0.2) is 0 Å². The number of benzene rings is 1. The fourth-order valence-electron chi connectivity index (χ4n) is 5.10. The van der Waals surface area contributed by atoms with Gasteiger partial charge in [-0.15, -0.1) is 23.1 Å². The SMILES string of the molecule is CC1CN(c2nc(=O)n3c4c(c(-c5cc(Cl)cs5)c(C(F)(F)F)cc24)SCCC3)C[C@H](C)N1.O=c1cncc[nH]1. The number of H-pyrrole nitrogens is 1. The molecule has 3 aromatic heterocycles. The third kappa shape index (κ3) is 5.92. The van der Waals surface area contributed by atoms with Crippen LogP contribution in [0.2, 0.25) is 5.02 Å². The molecule has 8 nitrogen and oxygen atoms in total. The third-order valence-corrected chi connectivity index (χ3v) is 9.00. The monoisotopic (exact) mass is 610 g/mol. The molecule has 4 aromatic rings. The molecule has 1 fully saturated rings. The summed E-state index contributed by atoms with van der Waals surface area (Å²) in [5.74, 6) is 0.942. The summed E-state index contributed by atoms with van der Waals surface area (Å²) in [6, 6.07) is 2.98. The molecule has 2 N–H and O–H groups in total. The number of aryl methyl sites for hydroxylation is 1. The minimum atomic E-state index is -4.58. The summed E-state index contributed by atoms with van der Waals surface area (Å²) in [7, 11) is 0. The standard InChI is InChI=1S/C22H22ClF3N4OS2.C4H4N2O/c1-11-8-29(9-12(2)27-11)20-14-7-15(22(24,25)26)17(16-6-13(23)10-33-16)19-18(14)30(21(31)28-20)4-3-5-32-19;7-4-3-5-1-2-6-4/h6-7,10-12,27H,3-5,8-9H2,1-2H3;1-3H,(H,6,7)/t11-,12?;/m0./s1. The van der Waals surface area contributed by atoms with Crippen molar-refractivity contribution in [3.05, 3.63) is 67.5 Å². The molecule has 1 unspecified atom stereocenters. The van der Waals surface area contributed by atoms with Gasteiger partial charge in [0.25, 0.3) is 5.56 Å². The van der Waals surface area contributed by atoms with Crippen LogP contribution in [0.3, 0.4) is 0 Å². The first-order valence-electron chi connectivity index (χ1n) is 12.6. The number of nitrogens with zero attached hydrogens (tertiary/aromatic N) is 4. The van der Waals surface area contributed by atoms with Crippen LogP contribution in [0.5, 0.6) is 0 Å². The molecule has 0 aliphatic carbocycles. The van der Waals surface area contributed by atoms with Crippen LogP contribution in [-0.2, 0) is 12.7 Å². The van der Waals surface area contributed by atoms with Crippen LogP contribution in [0, 0.1) is 0 Å². The Balaban J connectivity index is 0.000000403. The summed E-state index contributed by atoms with van der Waals surface area (Å²) in [6.45, 7) is 5.57. The molecular formula is C26H26ClF3N6O2S2. The number of aromatic nitrogens is 4. The van der Waals surface area contributed by atoms with Crippen LogP contribution < -0.4 is 21.5 Å². The molecule has 1 aromatic carbocycles. The van der Waals surface area contributed by atoms with Crippen molar-refractivity contribution in [3.8, 4) is 10.4 Å². The van der Waals surface area contributed by atoms with Gasteiger partial charge in [-0.2, -0.15) is 18.2 Å². The van der Waals surface area contributed by atoms with Crippen LogP contribution in [-0.4, -0.2) is 50.4 Å². The first-order valence-corrected chi connectivity index (χ1v) is 14.8. The van der Waals surface area contributed by atoms with Crippen molar-refractivity contribution >= 4 is 51.4 Å². The van der Waals surface area contributed by atoms with E-state index >= 15 is 0 Å². The molecule has 1 saturated heterocycles. The lowest BCUT2D eigenvalue weighted by Crippen LogP contribution is -2.55. The van der Waals surface area contributed by atoms with E-state index in [2.05, 4.69) is 20.3 Å². The van der Waals surface area contributed by atoms with Crippen molar-refractivity contribution in [2.24, 2.45) is 0 Å². The highest BCUT2D eigenvalue weighted by Crippen LogP contribution is 2.49. The summed E-state index contributed by atoms with van der Waals surface area (Å²) < 4.78 is 44.8. The fraction of sp³-hybridized carbons (Fsp3) is 0.385. The number of thioether (sulfide) groups is 1. The van der Waals surface area contributed by atoms with E-state index in [0.29, 0.717) is 63.3 Å². The lowest BCUT2D eigenvalue weighted by Gasteiger charge is -2.37. The maximum Gasteiger partial charge on any atom is 0.417 e. The maximum absolute atomic E-state index is 14.4. The van der Waals surface area contributed by atoms with Crippen LogP contribution in [0.1, 0.15) is 25.8 Å². The molecule has 2 aliphatic heterocycles. The Morgan fingerprint density at radius 3 is 2.48 bits per heavy atom. The summed E-state index contributed by atoms with van der Waals surface area (Å²) in [5.41, 5.74) is -0.662. The second-order valence-corrected chi connectivity index (χ2v) is 12.2. The molecule has 2 atom stereocenters. The Hall–Kier alpha value is -2.87. The Kier molecular flexibility index (Phi) is 8.27. The molecule has 14 heteroatoms. The lowest BCUT2D eigenvalue weighted by molar-refractivity contribution is -0.137. The van der Waals surface area contributed by atoms with E-state index in [9.17, 15) is 22.8 Å². The number of nitrogens with one attached hydrogen (secondary N) is 2. The highest BCUT2D eigenvalue weighted by atomic mass is 35.5. The molecule has 212 valence electrons. The molecule has 40 heavy (non-hydrogen) atoms. The lowest BCUT2D eigenvalue weighted by atomic mass is 10.0. The summed E-state index contributed by atoms with van der Waals surface area (Å²) in [4.78, 5) is 36.4. The van der Waals surface area contributed by atoms with Crippen molar-refractivity contribution in [1.82, 2.24) is 24.8 Å². The number of thiophene rings is 1. The smallest absolute Gasteiger partial charge is 0.353 e. The van der Waals surface area contributed by atoms with E-state index in [4.69, 9.17) is 11.6 Å². The molecule has 0 radical (unpaired) electrons. The van der Waals surface area contributed by atoms with E-state index < -0.39 is 17.4 Å². The van der Waals surface area contributed by atoms with Gasteiger partial charge in [-0.05, 0) is 38.2 Å². The van der Waals surface area contributed by atoms with E-state index in [1.807, 2.05) is 18.7 Å². The second-order valence-electron chi connectivity index (χ2n) is 9.70. The van der Waals surface area contributed by atoms with Crippen molar-refractivity contribution in [3.63, 3.8) is 0 Å². The van der Waals surface area contributed by atoms with Gasteiger partial charge in [0, 0.05) is 70.2 Å². The highest BCUT2D eigenvalue weighted by molar-refractivity contribution is 7.99. The number of alkyl halides is 3. The molecule has 6 rings (SSSR count). The maximum atomic E-state index is 14.4. The second kappa shape index (κ2) is 11.6. The first kappa shape index (κ1) is 28.7. The number of halogens is 4. The van der Waals surface area contributed by atoms with Crippen LogP contribution in [0.15, 0.2) is 50.6 Å². The zero-order valence-electron chi connectivity index (χ0n) is 21.6. The summed E-state index contributed by atoms with van der Waals surface area (Å²) in [6.07, 6.45) is 0.318. The van der Waals surface area contributed by atoms with Gasteiger partial charge in [0.2, 0.25) is 0 Å². The van der Waals surface area contributed by atoms with E-state index in [1.54, 1.807) is 16.0 Å². The zero-order valence-corrected chi connectivity index (χ0v) is 24.0. The minimum Gasteiger partial charge on any atom is -0.353 e. The fourth-order valence-corrected chi connectivity index (χ4v) is 7.50. The minimum absolute atomic E-state index is 0.103. The van der Waals surface area contributed by atoms with Gasteiger partial charge in [0.05, 0.1) is 22.3 Å². The normalized spacial score (nSPS) is 19.2. The van der Waals surface area contributed by atoms with Gasteiger partial charge in [-0.3, -0.25) is 14.3 Å². The Morgan fingerprint density at radius 2 is 1.90 bits per heavy atom. The number of rotatable bonds is 2. The van der Waals surface area contributed by atoms with Crippen molar-refractivity contribution in [2.75, 3.05) is 23.7 Å². The first-order chi connectivity index (χ1) is 19.0. The molecule has 0 spiro atoms. The Morgan fingerprint density at radius 1 is 1.15 bits per heavy atom. The van der Waals surface area contributed by atoms with Crippen molar-refractivity contribution in [1.29, 1.82) is 0 Å². The predicted octanol–water partition coefficient (Wildman–Crippen LogP) is 5.25. The van der Waals surface area contributed by atoms with E-state index in [1.165, 1.54) is 47.8 Å². The zero-order chi connectivity index (χ0) is 28.6. The molecular weight excluding hydrogens is 585 g/mol. The molecule has 0 bridgehead atoms. The summed E-state index contributed by atoms with van der Waals surface area (Å²) in [5, 5.41) is 5.81. The Labute approximate surface area is 240 Å². The van der Waals surface area contributed by atoms with Gasteiger partial charge < -0.3 is 15.2 Å². The number of hydrogen-bond donors (Lipinski definition) is 2. The molecule has 2 aliphatic rings. The average molecular weight is 611 g/mol. The van der Waals surface area contributed by atoms with Gasteiger partial charge in [-0.25, -0.2) is 4.79 Å². The Bertz CT molecular complexity index is 1630.